The minimum atomic E-state index is -3.08. The Morgan fingerprint density at radius 1 is 1.28 bits per heavy atom. The van der Waals surface area contributed by atoms with E-state index in [1.165, 1.54) is 6.26 Å². The lowest BCUT2D eigenvalue weighted by molar-refractivity contribution is 0.276. The third kappa shape index (κ3) is 5.87. The number of methoxy groups -OCH3 is 1. The summed E-state index contributed by atoms with van der Waals surface area (Å²) in [5.74, 6) is 1.56. The molecule has 0 bridgehead atoms. The Morgan fingerprint density at radius 3 is 2.60 bits per heavy atom. The fourth-order valence-corrected chi connectivity index (χ4v) is 3.86. The number of hydrogen-bond acceptors (Lipinski definition) is 5. The Bertz CT molecular complexity index is 640. The van der Waals surface area contributed by atoms with Crippen LogP contribution in [-0.4, -0.2) is 51.8 Å². The number of sulfonamides is 1. The van der Waals surface area contributed by atoms with Crippen molar-refractivity contribution in [2.45, 2.75) is 45.2 Å². The highest BCUT2D eigenvalue weighted by Gasteiger charge is 2.24. The summed E-state index contributed by atoms with van der Waals surface area (Å²) in [6, 6.07) is 6.24. The van der Waals surface area contributed by atoms with Gasteiger partial charge in [-0.25, -0.2) is 12.7 Å². The van der Waals surface area contributed by atoms with Gasteiger partial charge in [0.05, 0.1) is 20.0 Å². The quantitative estimate of drug-likeness (QED) is 0.676. The van der Waals surface area contributed by atoms with Gasteiger partial charge in [-0.3, -0.25) is 0 Å². The second-order valence-electron chi connectivity index (χ2n) is 6.47. The fourth-order valence-electron chi connectivity index (χ4n) is 2.99. The molecule has 7 heteroatoms. The summed E-state index contributed by atoms with van der Waals surface area (Å²) in [5.41, 5.74) is 1.07. The molecule has 1 aliphatic rings. The number of ether oxygens (including phenoxy) is 2. The molecular formula is C18H30N2O4S. The Kier molecular flexibility index (Phi) is 7.53. The molecule has 1 fully saturated rings. The first kappa shape index (κ1) is 20.0. The number of piperidine rings is 1. The van der Waals surface area contributed by atoms with Crippen LogP contribution in [-0.2, 0) is 16.6 Å². The predicted octanol–water partition coefficient (Wildman–Crippen LogP) is 2.39. The van der Waals surface area contributed by atoms with Crippen LogP contribution >= 0.6 is 0 Å². The average Bonchev–Trinajstić information content (AvgIpc) is 2.60. The maximum Gasteiger partial charge on any atom is 0.211 e. The Hall–Kier alpha value is -1.31. The van der Waals surface area contributed by atoms with Gasteiger partial charge >= 0.3 is 0 Å². The third-order valence-electron chi connectivity index (χ3n) is 4.53. The van der Waals surface area contributed by atoms with Gasteiger partial charge in [-0.1, -0.05) is 25.5 Å². The van der Waals surface area contributed by atoms with Crippen molar-refractivity contribution >= 4 is 10.0 Å². The van der Waals surface area contributed by atoms with Crippen LogP contribution in [0, 0.1) is 0 Å². The molecule has 2 rings (SSSR count). The predicted molar refractivity (Wildman–Crippen MR) is 99.7 cm³/mol. The Balaban J connectivity index is 1.94. The van der Waals surface area contributed by atoms with Crippen LogP contribution in [0.15, 0.2) is 18.2 Å². The summed E-state index contributed by atoms with van der Waals surface area (Å²) in [4.78, 5) is 0. The van der Waals surface area contributed by atoms with Gasteiger partial charge in [-0.05, 0) is 25.3 Å². The van der Waals surface area contributed by atoms with Crippen LogP contribution in [0.3, 0.4) is 0 Å². The lowest BCUT2D eigenvalue weighted by Crippen LogP contribution is -2.44. The van der Waals surface area contributed by atoms with Gasteiger partial charge < -0.3 is 14.8 Å². The summed E-state index contributed by atoms with van der Waals surface area (Å²) in [6.45, 7) is 4.65. The van der Waals surface area contributed by atoms with Crippen molar-refractivity contribution in [1.82, 2.24) is 9.62 Å². The Morgan fingerprint density at radius 2 is 2.00 bits per heavy atom. The van der Waals surface area contributed by atoms with E-state index in [0.29, 0.717) is 32.3 Å². The first-order valence-electron chi connectivity index (χ1n) is 8.93. The van der Waals surface area contributed by atoms with E-state index in [2.05, 4.69) is 12.2 Å². The lowest BCUT2D eigenvalue weighted by Gasteiger charge is -2.31. The first-order chi connectivity index (χ1) is 12.0. The third-order valence-corrected chi connectivity index (χ3v) is 5.83. The van der Waals surface area contributed by atoms with E-state index in [4.69, 9.17) is 9.47 Å². The van der Waals surface area contributed by atoms with E-state index in [0.717, 1.165) is 42.7 Å². The SMILES string of the molecule is CCCCOc1c(CNC2CCN(S(C)(=O)=O)CC2)cccc1OC. The molecular weight excluding hydrogens is 340 g/mol. The lowest BCUT2D eigenvalue weighted by atomic mass is 10.1. The van der Waals surface area contributed by atoms with Crippen molar-refractivity contribution in [3.63, 3.8) is 0 Å². The number of hydrogen-bond donors (Lipinski definition) is 1. The molecule has 25 heavy (non-hydrogen) atoms. The molecule has 1 aromatic rings. The fraction of sp³-hybridized carbons (Fsp3) is 0.667. The topological polar surface area (TPSA) is 67.9 Å². The number of para-hydroxylation sites is 1. The number of benzene rings is 1. The average molecular weight is 371 g/mol. The largest absolute Gasteiger partial charge is 0.493 e. The van der Waals surface area contributed by atoms with Gasteiger partial charge in [0, 0.05) is 31.2 Å². The molecule has 142 valence electrons. The van der Waals surface area contributed by atoms with Gasteiger partial charge in [0.15, 0.2) is 11.5 Å². The number of unbranched alkanes of at least 4 members (excludes halogenated alkanes) is 1. The van der Waals surface area contributed by atoms with E-state index in [9.17, 15) is 8.42 Å². The summed E-state index contributed by atoms with van der Waals surface area (Å²) in [5, 5.41) is 3.53. The molecule has 0 spiro atoms. The highest BCUT2D eigenvalue weighted by Crippen LogP contribution is 2.31. The van der Waals surface area contributed by atoms with Gasteiger partial charge in [0.2, 0.25) is 10.0 Å². The van der Waals surface area contributed by atoms with Crippen LogP contribution in [0.1, 0.15) is 38.2 Å². The van der Waals surface area contributed by atoms with E-state index in [-0.39, 0.29) is 0 Å². The zero-order chi connectivity index (χ0) is 18.3. The molecule has 1 aromatic carbocycles. The smallest absolute Gasteiger partial charge is 0.211 e. The Labute approximate surface area is 151 Å². The number of nitrogens with one attached hydrogen (secondary N) is 1. The second kappa shape index (κ2) is 9.40. The molecule has 0 aromatic heterocycles. The highest BCUT2D eigenvalue weighted by molar-refractivity contribution is 7.88. The van der Waals surface area contributed by atoms with E-state index >= 15 is 0 Å². The van der Waals surface area contributed by atoms with E-state index < -0.39 is 10.0 Å². The monoisotopic (exact) mass is 370 g/mol. The second-order valence-corrected chi connectivity index (χ2v) is 8.45. The van der Waals surface area contributed by atoms with Crippen molar-refractivity contribution in [3.05, 3.63) is 23.8 Å². The standard InChI is InChI=1S/C18H30N2O4S/c1-4-5-13-24-18-15(7-6-8-17(18)23-2)14-19-16-9-11-20(12-10-16)25(3,21)22/h6-8,16,19H,4-5,9-14H2,1-3H3. The van der Waals surface area contributed by atoms with E-state index in [1.54, 1.807) is 11.4 Å². The van der Waals surface area contributed by atoms with Crippen LogP contribution in [0.2, 0.25) is 0 Å². The molecule has 0 radical (unpaired) electrons. The molecule has 0 amide bonds. The molecule has 1 heterocycles. The normalized spacial score (nSPS) is 16.8. The maximum absolute atomic E-state index is 11.6. The zero-order valence-corrected chi connectivity index (χ0v) is 16.3. The minimum absolute atomic E-state index is 0.313. The van der Waals surface area contributed by atoms with Crippen molar-refractivity contribution < 1.29 is 17.9 Å². The maximum atomic E-state index is 11.6. The molecule has 1 saturated heterocycles. The summed E-state index contributed by atoms with van der Waals surface area (Å²) in [7, 11) is -1.42. The summed E-state index contributed by atoms with van der Waals surface area (Å²) < 4.78 is 36.1. The molecule has 1 N–H and O–H groups in total. The van der Waals surface area contributed by atoms with Crippen molar-refractivity contribution in [3.8, 4) is 11.5 Å². The molecule has 0 saturated carbocycles. The van der Waals surface area contributed by atoms with Crippen molar-refractivity contribution in [2.75, 3.05) is 33.1 Å². The van der Waals surface area contributed by atoms with Crippen molar-refractivity contribution in [1.29, 1.82) is 0 Å². The van der Waals surface area contributed by atoms with Crippen LogP contribution in [0.5, 0.6) is 11.5 Å². The highest BCUT2D eigenvalue weighted by atomic mass is 32.2. The first-order valence-corrected chi connectivity index (χ1v) is 10.8. The summed E-state index contributed by atoms with van der Waals surface area (Å²) >= 11 is 0. The number of rotatable bonds is 9. The van der Waals surface area contributed by atoms with Gasteiger partial charge in [-0.2, -0.15) is 0 Å². The van der Waals surface area contributed by atoms with Crippen LogP contribution in [0.25, 0.3) is 0 Å². The van der Waals surface area contributed by atoms with Gasteiger partial charge in [-0.15, -0.1) is 0 Å². The molecule has 0 atom stereocenters. The minimum Gasteiger partial charge on any atom is -0.493 e. The van der Waals surface area contributed by atoms with Gasteiger partial charge in [0.1, 0.15) is 0 Å². The molecule has 6 nitrogen and oxygen atoms in total. The van der Waals surface area contributed by atoms with E-state index in [1.807, 2.05) is 18.2 Å². The molecule has 1 aliphatic heterocycles. The van der Waals surface area contributed by atoms with Gasteiger partial charge in [0.25, 0.3) is 0 Å². The van der Waals surface area contributed by atoms with Crippen LogP contribution < -0.4 is 14.8 Å². The summed E-state index contributed by atoms with van der Waals surface area (Å²) in [6.07, 6.45) is 5.01. The molecule has 0 aliphatic carbocycles. The molecule has 0 unspecified atom stereocenters. The number of nitrogens with zero attached hydrogens (tertiary/aromatic N) is 1. The van der Waals surface area contributed by atoms with Crippen molar-refractivity contribution in [2.24, 2.45) is 0 Å². The zero-order valence-electron chi connectivity index (χ0n) is 15.5. The van der Waals surface area contributed by atoms with Crippen LogP contribution in [0.4, 0.5) is 0 Å².